The number of aliphatic hydroxyl groups excluding tert-OH is 1. The molecule has 1 heterocycles. The molecule has 0 saturated carbocycles. The molecule has 8 nitrogen and oxygen atoms in total. The lowest BCUT2D eigenvalue weighted by atomic mass is 10.2. The van der Waals surface area contributed by atoms with Crippen LogP contribution in [0.2, 0.25) is 0 Å². The van der Waals surface area contributed by atoms with Crippen molar-refractivity contribution in [1.29, 1.82) is 0 Å². The van der Waals surface area contributed by atoms with Crippen molar-refractivity contribution in [3.63, 3.8) is 0 Å². The number of nitrogens with zero attached hydrogens (tertiary/aromatic N) is 1. The van der Waals surface area contributed by atoms with Crippen LogP contribution in [0.25, 0.3) is 0 Å². The lowest BCUT2D eigenvalue weighted by Gasteiger charge is -2.16. The molecule has 0 unspecified atom stereocenters. The van der Waals surface area contributed by atoms with Crippen LogP contribution in [0.3, 0.4) is 0 Å². The van der Waals surface area contributed by atoms with Gasteiger partial charge in [-0.2, -0.15) is 0 Å². The highest BCUT2D eigenvalue weighted by Gasteiger charge is 2.24. The third kappa shape index (κ3) is 4.59. The standard InChI is InChI=1S/C11H17N3O5/c1-3-7-4-12-8(19-7)5-13-11(18)14-9(6(2)15)10(16)17/h4,6,9,15H,3,5H2,1-2H3,(H,16,17)(H2,13,14,18)/t6-,9+/m1/s1. The van der Waals surface area contributed by atoms with Crippen LogP contribution in [0, 0.1) is 0 Å². The second kappa shape index (κ2) is 6.74. The zero-order valence-corrected chi connectivity index (χ0v) is 10.7. The minimum Gasteiger partial charge on any atom is -0.480 e. The first-order valence-electron chi connectivity index (χ1n) is 5.82. The summed E-state index contributed by atoms with van der Waals surface area (Å²) >= 11 is 0. The summed E-state index contributed by atoms with van der Waals surface area (Å²) in [5.74, 6) is -0.282. The van der Waals surface area contributed by atoms with Gasteiger partial charge in [0.05, 0.1) is 18.8 Å². The van der Waals surface area contributed by atoms with Crippen molar-refractivity contribution in [3.8, 4) is 0 Å². The van der Waals surface area contributed by atoms with Gasteiger partial charge in [0.15, 0.2) is 6.04 Å². The number of aliphatic carboxylic acids is 1. The van der Waals surface area contributed by atoms with Gasteiger partial charge in [-0.1, -0.05) is 6.92 Å². The quantitative estimate of drug-likeness (QED) is 0.571. The SMILES string of the molecule is CCc1cnc(CNC(=O)N[C@H](C(=O)O)[C@@H](C)O)o1. The molecule has 0 fully saturated rings. The summed E-state index contributed by atoms with van der Waals surface area (Å²) in [7, 11) is 0. The fourth-order valence-electron chi connectivity index (χ4n) is 1.33. The van der Waals surface area contributed by atoms with Crippen molar-refractivity contribution in [2.75, 3.05) is 0 Å². The number of amides is 2. The van der Waals surface area contributed by atoms with E-state index >= 15 is 0 Å². The average Bonchev–Trinajstić information content (AvgIpc) is 2.80. The molecule has 4 N–H and O–H groups in total. The highest BCUT2D eigenvalue weighted by atomic mass is 16.4. The smallest absolute Gasteiger partial charge is 0.328 e. The van der Waals surface area contributed by atoms with Crippen LogP contribution in [0.15, 0.2) is 10.6 Å². The Morgan fingerprint density at radius 1 is 1.53 bits per heavy atom. The maximum Gasteiger partial charge on any atom is 0.328 e. The van der Waals surface area contributed by atoms with E-state index in [0.717, 1.165) is 0 Å². The zero-order valence-electron chi connectivity index (χ0n) is 10.7. The third-order valence-electron chi connectivity index (χ3n) is 2.39. The number of oxazole rings is 1. The minimum atomic E-state index is -1.37. The summed E-state index contributed by atoms with van der Waals surface area (Å²) in [5.41, 5.74) is 0. The molecule has 2 atom stereocenters. The van der Waals surface area contributed by atoms with Gasteiger partial charge in [-0.15, -0.1) is 0 Å². The second-order valence-corrected chi connectivity index (χ2v) is 3.96. The number of hydrogen-bond donors (Lipinski definition) is 4. The minimum absolute atomic E-state index is 0.0397. The summed E-state index contributed by atoms with van der Waals surface area (Å²) in [6.07, 6.45) is 1.06. The Morgan fingerprint density at radius 2 is 2.21 bits per heavy atom. The predicted octanol–water partition coefficient (Wildman–Crippen LogP) is -0.130. The van der Waals surface area contributed by atoms with Crippen LogP contribution in [0.1, 0.15) is 25.5 Å². The van der Waals surface area contributed by atoms with Crippen molar-refractivity contribution in [2.24, 2.45) is 0 Å². The number of carbonyl (C=O) groups is 2. The number of urea groups is 1. The molecule has 106 valence electrons. The molecule has 0 spiro atoms. The van der Waals surface area contributed by atoms with Crippen LogP contribution in [0.4, 0.5) is 4.79 Å². The molecule has 2 amide bonds. The molecule has 0 aromatic carbocycles. The van der Waals surface area contributed by atoms with E-state index in [-0.39, 0.29) is 6.54 Å². The average molecular weight is 271 g/mol. The summed E-state index contributed by atoms with van der Waals surface area (Å²) in [5, 5.41) is 22.5. The van der Waals surface area contributed by atoms with Gasteiger partial charge in [-0.05, 0) is 6.92 Å². The first-order valence-corrected chi connectivity index (χ1v) is 5.82. The van der Waals surface area contributed by atoms with Crippen molar-refractivity contribution in [3.05, 3.63) is 17.8 Å². The van der Waals surface area contributed by atoms with Crippen molar-refractivity contribution in [2.45, 2.75) is 39.0 Å². The van der Waals surface area contributed by atoms with Crippen molar-refractivity contribution in [1.82, 2.24) is 15.6 Å². The van der Waals surface area contributed by atoms with Gasteiger partial charge in [0.1, 0.15) is 5.76 Å². The molecule has 1 rings (SSSR count). The van der Waals surface area contributed by atoms with Gasteiger partial charge in [0, 0.05) is 6.42 Å². The van der Waals surface area contributed by atoms with E-state index in [1.54, 1.807) is 6.20 Å². The lowest BCUT2D eigenvalue weighted by molar-refractivity contribution is -0.141. The number of carbonyl (C=O) groups excluding carboxylic acids is 1. The highest BCUT2D eigenvalue weighted by molar-refractivity contribution is 5.82. The summed E-state index contributed by atoms with van der Waals surface area (Å²) < 4.78 is 5.26. The van der Waals surface area contributed by atoms with E-state index in [1.807, 2.05) is 6.92 Å². The van der Waals surface area contributed by atoms with Crippen LogP contribution >= 0.6 is 0 Å². The van der Waals surface area contributed by atoms with Crippen molar-refractivity contribution < 1.29 is 24.2 Å². The maximum atomic E-state index is 11.4. The van der Waals surface area contributed by atoms with E-state index in [2.05, 4.69) is 15.6 Å². The van der Waals surface area contributed by atoms with E-state index in [4.69, 9.17) is 9.52 Å². The Kier molecular flexibility index (Phi) is 5.31. The van der Waals surface area contributed by atoms with Crippen LogP contribution in [-0.4, -0.2) is 39.3 Å². The zero-order chi connectivity index (χ0) is 14.4. The molecule has 19 heavy (non-hydrogen) atoms. The number of nitrogens with one attached hydrogen (secondary N) is 2. The molecule has 0 radical (unpaired) electrons. The molecule has 0 aliphatic heterocycles. The molecule has 1 aromatic heterocycles. The number of aromatic nitrogens is 1. The molecule has 0 saturated heterocycles. The van der Waals surface area contributed by atoms with E-state index < -0.39 is 24.1 Å². The third-order valence-corrected chi connectivity index (χ3v) is 2.39. The van der Waals surface area contributed by atoms with Crippen LogP contribution in [0.5, 0.6) is 0 Å². The molecule has 1 aromatic rings. The second-order valence-electron chi connectivity index (χ2n) is 3.96. The summed E-state index contributed by atoms with van der Waals surface area (Å²) in [6, 6.07) is -2.08. The number of hydrogen-bond acceptors (Lipinski definition) is 5. The Hall–Kier alpha value is -2.09. The van der Waals surface area contributed by atoms with Gasteiger partial charge >= 0.3 is 12.0 Å². The first-order chi connectivity index (χ1) is 8.93. The molecular weight excluding hydrogens is 254 g/mol. The maximum absolute atomic E-state index is 11.4. The first kappa shape index (κ1) is 15.0. The largest absolute Gasteiger partial charge is 0.480 e. The number of aryl methyl sites for hydroxylation is 1. The van der Waals surface area contributed by atoms with Gasteiger partial charge < -0.3 is 25.3 Å². The van der Waals surface area contributed by atoms with E-state index in [0.29, 0.717) is 18.1 Å². The predicted molar refractivity (Wildman–Crippen MR) is 64.4 cm³/mol. The molecule has 0 bridgehead atoms. The number of rotatable bonds is 6. The van der Waals surface area contributed by atoms with Crippen molar-refractivity contribution >= 4 is 12.0 Å². The Balaban J connectivity index is 2.44. The molecule has 0 aliphatic rings. The summed E-state index contributed by atoms with van der Waals surface area (Å²) in [4.78, 5) is 26.1. The normalized spacial score (nSPS) is 13.6. The molecule has 0 aliphatic carbocycles. The van der Waals surface area contributed by atoms with E-state index in [9.17, 15) is 14.7 Å². The van der Waals surface area contributed by atoms with Crippen LogP contribution < -0.4 is 10.6 Å². The topological polar surface area (TPSA) is 125 Å². The van der Waals surface area contributed by atoms with E-state index in [1.165, 1.54) is 6.92 Å². The molecule has 8 heteroatoms. The Bertz CT molecular complexity index is 443. The number of aliphatic hydroxyl groups is 1. The van der Waals surface area contributed by atoms with Gasteiger partial charge in [0.2, 0.25) is 5.89 Å². The fourth-order valence-corrected chi connectivity index (χ4v) is 1.33. The lowest BCUT2D eigenvalue weighted by Crippen LogP contribution is -2.50. The number of carboxylic acid groups (broad SMARTS) is 1. The monoisotopic (exact) mass is 271 g/mol. The van der Waals surface area contributed by atoms with Gasteiger partial charge in [0.25, 0.3) is 0 Å². The van der Waals surface area contributed by atoms with Gasteiger partial charge in [-0.25, -0.2) is 14.6 Å². The van der Waals surface area contributed by atoms with Crippen LogP contribution in [-0.2, 0) is 17.8 Å². The Labute approximate surface area is 109 Å². The van der Waals surface area contributed by atoms with Gasteiger partial charge in [-0.3, -0.25) is 0 Å². The highest BCUT2D eigenvalue weighted by Crippen LogP contribution is 2.03. The fraction of sp³-hybridized carbons (Fsp3) is 0.545. The summed E-state index contributed by atoms with van der Waals surface area (Å²) in [6.45, 7) is 3.23. The molecular formula is C11H17N3O5. The number of carboxylic acids is 1. The Morgan fingerprint density at radius 3 is 2.68 bits per heavy atom.